The Morgan fingerprint density at radius 3 is 2.32 bits per heavy atom. The Kier molecular flexibility index (Phi) is 6.69. The molecule has 0 radical (unpaired) electrons. The summed E-state index contributed by atoms with van der Waals surface area (Å²) >= 11 is 0. The summed E-state index contributed by atoms with van der Waals surface area (Å²) in [6, 6.07) is 5.26. The highest BCUT2D eigenvalue weighted by molar-refractivity contribution is 5.86. The third-order valence-electron chi connectivity index (χ3n) is 4.25. The van der Waals surface area contributed by atoms with Crippen LogP contribution in [0.15, 0.2) is 42.0 Å². The van der Waals surface area contributed by atoms with E-state index in [9.17, 15) is 22.8 Å². The molecule has 7 heteroatoms. The van der Waals surface area contributed by atoms with E-state index in [0.717, 1.165) is 6.08 Å². The predicted octanol–water partition coefficient (Wildman–Crippen LogP) is 4.73. The van der Waals surface area contributed by atoms with Crippen molar-refractivity contribution in [3.05, 3.63) is 53.1 Å². The van der Waals surface area contributed by atoms with E-state index in [4.69, 9.17) is 4.74 Å². The molecule has 0 saturated heterocycles. The molecule has 0 spiro atoms. The molecule has 0 bridgehead atoms. The van der Waals surface area contributed by atoms with Gasteiger partial charge >= 0.3 is 5.97 Å². The number of hydrogen-bond donors (Lipinski definition) is 1. The molecule has 0 heterocycles. The van der Waals surface area contributed by atoms with Gasteiger partial charge in [-0.25, -0.2) is 18.0 Å². The molecule has 2 rings (SSSR count). The number of rotatable bonds is 5. The average Bonchev–Trinajstić information content (AvgIpc) is 2.62. The molecule has 0 aliphatic heterocycles. The number of benzene rings is 1. The van der Waals surface area contributed by atoms with E-state index >= 15 is 0 Å². The second kappa shape index (κ2) is 8.63. The number of amides is 1. The summed E-state index contributed by atoms with van der Waals surface area (Å²) in [5.41, 5.74) is 1.02. The Morgan fingerprint density at radius 2 is 1.82 bits per heavy atom. The predicted molar refractivity (Wildman–Crippen MR) is 100 cm³/mol. The first kappa shape index (κ1) is 21.7. The molecular weight excluding hydrogens is 371 g/mol. The molecule has 1 N–H and O–H groups in total. The summed E-state index contributed by atoms with van der Waals surface area (Å²) in [6.45, 7) is 5.71. The van der Waals surface area contributed by atoms with Crippen LogP contribution in [0.4, 0.5) is 13.2 Å². The Bertz CT molecular complexity index is 807. The van der Waals surface area contributed by atoms with Gasteiger partial charge < -0.3 is 10.1 Å². The number of ether oxygens (including phenoxy) is 1. The third kappa shape index (κ3) is 5.47. The van der Waals surface area contributed by atoms with Crippen LogP contribution in [-0.2, 0) is 14.3 Å². The summed E-state index contributed by atoms with van der Waals surface area (Å²) in [5.74, 6) is -3.55. The van der Waals surface area contributed by atoms with Crippen LogP contribution in [-0.4, -0.2) is 25.2 Å². The van der Waals surface area contributed by atoms with Crippen LogP contribution >= 0.6 is 0 Å². The molecule has 0 aromatic heterocycles. The van der Waals surface area contributed by atoms with Crippen LogP contribution in [0.5, 0.6) is 0 Å². The second-order valence-corrected chi connectivity index (χ2v) is 7.92. The van der Waals surface area contributed by atoms with Gasteiger partial charge in [-0.2, -0.15) is 0 Å². The van der Waals surface area contributed by atoms with Crippen LogP contribution in [0.3, 0.4) is 0 Å². The third-order valence-corrected chi connectivity index (χ3v) is 4.25. The molecule has 2 unspecified atom stereocenters. The van der Waals surface area contributed by atoms with E-state index in [-0.39, 0.29) is 24.2 Å². The van der Waals surface area contributed by atoms with Crippen molar-refractivity contribution in [3.8, 4) is 0 Å². The van der Waals surface area contributed by atoms with Gasteiger partial charge in [0, 0.05) is 12.8 Å². The zero-order valence-corrected chi connectivity index (χ0v) is 16.3. The molecule has 1 aromatic rings. The number of esters is 1. The van der Waals surface area contributed by atoms with Crippen molar-refractivity contribution in [2.75, 3.05) is 7.11 Å². The molecular formula is C21H24F3NO3. The minimum Gasteiger partial charge on any atom is -0.467 e. The average molecular weight is 395 g/mol. The van der Waals surface area contributed by atoms with Crippen molar-refractivity contribution >= 4 is 17.4 Å². The number of allylic oxidation sites excluding steroid dienone is 4. The van der Waals surface area contributed by atoms with E-state index < -0.39 is 29.8 Å². The van der Waals surface area contributed by atoms with Gasteiger partial charge in [0.05, 0.1) is 7.11 Å². The zero-order valence-electron chi connectivity index (χ0n) is 16.3. The van der Waals surface area contributed by atoms with Gasteiger partial charge in [-0.15, -0.1) is 0 Å². The highest BCUT2D eigenvalue weighted by Crippen LogP contribution is 2.34. The minimum absolute atomic E-state index is 0.223. The van der Waals surface area contributed by atoms with Gasteiger partial charge in [0.25, 0.3) is 0 Å². The highest BCUT2D eigenvalue weighted by Gasteiger charge is 2.27. The maximum atomic E-state index is 13.6. The first-order chi connectivity index (χ1) is 13.0. The van der Waals surface area contributed by atoms with Gasteiger partial charge in [0.15, 0.2) is 23.9 Å². The molecule has 1 amide bonds. The summed E-state index contributed by atoms with van der Waals surface area (Å²) in [7, 11) is 1.22. The molecule has 1 aliphatic rings. The van der Waals surface area contributed by atoms with Gasteiger partial charge in [-0.05, 0) is 28.2 Å². The van der Waals surface area contributed by atoms with Crippen LogP contribution in [0.1, 0.15) is 50.8 Å². The Hall–Kier alpha value is -2.57. The van der Waals surface area contributed by atoms with E-state index in [1.807, 2.05) is 20.8 Å². The minimum atomic E-state index is -2.01. The van der Waals surface area contributed by atoms with Crippen molar-refractivity contribution in [2.45, 2.75) is 45.8 Å². The smallest absolute Gasteiger partial charge is 0.333 e. The first-order valence-electron chi connectivity index (χ1n) is 8.89. The number of alkyl halides is 1. The molecule has 1 aromatic carbocycles. The molecule has 152 valence electrons. The summed E-state index contributed by atoms with van der Waals surface area (Å²) < 4.78 is 45.0. The lowest BCUT2D eigenvalue weighted by molar-refractivity contribution is -0.145. The second-order valence-electron chi connectivity index (χ2n) is 7.92. The fourth-order valence-electron chi connectivity index (χ4n) is 2.89. The van der Waals surface area contributed by atoms with Crippen molar-refractivity contribution in [2.24, 2.45) is 5.41 Å². The normalized spacial score (nSPS) is 18.4. The van der Waals surface area contributed by atoms with Gasteiger partial charge in [0.2, 0.25) is 5.91 Å². The van der Waals surface area contributed by atoms with Crippen LogP contribution in [0.2, 0.25) is 0 Å². The number of methoxy groups -OCH3 is 1. The maximum Gasteiger partial charge on any atom is 0.333 e. The van der Waals surface area contributed by atoms with E-state index in [1.54, 1.807) is 24.3 Å². The van der Waals surface area contributed by atoms with Gasteiger partial charge in [-0.3, -0.25) is 4.79 Å². The van der Waals surface area contributed by atoms with Gasteiger partial charge in [-0.1, -0.05) is 45.0 Å². The monoisotopic (exact) mass is 395 g/mol. The standard InChI is InChI=1S/C21H24F3NO3/c1-21(2,3)11-17(26)25-19(20(27)28-4)13-7-5-12(6-8-13)14-9-15(22)18(24)16(23)10-14/h5-9,16,19H,10-11H2,1-4H3,(H,25,26). The Labute approximate surface area is 162 Å². The number of nitrogens with one attached hydrogen (secondary N) is 1. The first-order valence-corrected chi connectivity index (χ1v) is 8.89. The SMILES string of the molecule is COC(=O)C(NC(=O)CC(C)(C)C)c1ccc(C2=CC(F)=C(F)C(F)C2)cc1. The summed E-state index contributed by atoms with van der Waals surface area (Å²) in [5, 5.41) is 2.65. The molecule has 0 saturated carbocycles. The lowest BCUT2D eigenvalue weighted by Gasteiger charge is -2.22. The quantitative estimate of drug-likeness (QED) is 0.734. The Morgan fingerprint density at radius 1 is 1.21 bits per heavy atom. The number of carbonyl (C=O) groups is 2. The van der Waals surface area contributed by atoms with Crippen molar-refractivity contribution in [3.63, 3.8) is 0 Å². The zero-order chi connectivity index (χ0) is 21.1. The number of halogens is 3. The maximum absolute atomic E-state index is 13.6. The molecule has 2 atom stereocenters. The summed E-state index contributed by atoms with van der Waals surface area (Å²) in [6.07, 6.45) is -1.11. The molecule has 4 nitrogen and oxygen atoms in total. The topological polar surface area (TPSA) is 55.4 Å². The fourth-order valence-corrected chi connectivity index (χ4v) is 2.89. The van der Waals surface area contributed by atoms with E-state index in [0.29, 0.717) is 16.7 Å². The van der Waals surface area contributed by atoms with E-state index in [2.05, 4.69) is 5.32 Å². The van der Waals surface area contributed by atoms with Crippen LogP contribution in [0.25, 0.3) is 5.57 Å². The summed E-state index contributed by atoms with van der Waals surface area (Å²) in [4.78, 5) is 24.4. The van der Waals surface area contributed by atoms with Crippen molar-refractivity contribution in [1.82, 2.24) is 5.32 Å². The van der Waals surface area contributed by atoms with Crippen molar-refractivity contribution in [1.29, 1.82) is 0 Å². The lowest BCUT2D eigenvalue weighted by atomic mass is 9.91. The number of carbonyl (C=O) groups excluding carboxylic acids is 2. The Balaban J connectivity index is 2.23. The fraction of sp³-hybridized carbons (Fsp3) is 0.429. The molecule has 0 fully saturated rings. The van der Waals surface area contributed by atoms with E-state index in [1.165, 1.54) is 7.11 Å². The van der Waals surface area contributed by atoms with Gasteiger partial charge in [0.1, 0.15) is 0 Å². The van der Waals surface area contributed by atoms with Crippen LogP contribution < -0.4 is 5.32 Å². The van der Waals surface area contributed by atoms with Crippen LogP contribution in [0, 0.1) is 5.41 Å². The number of hydrogen-bond acceptors (Lipinski definition) is 3. The lowest BCUT2D eigenvalue weighted by Crippen LogP contribution is -2.36. The molecule has 28 heavy (non-hydrogen) atoms. The molecule has 1 aliphatic carbocycles. The highest BCUT2D eigenvalue weighted by atomic mass is 19.2. The van der Waals surface area contributed by atoms with Crippen molar-refractivity contribution < 1.29 is 27.5 Å². The largest absolute Gasteiger partial charge is 0.467 e.